The molecule has 0 fully saturated rings. The van der Waals surface area contributed by atoms with E-state index in [0.29, 0.717) is 18.1 Å². The Hall–Kier alpha value is -2.04. The van der Waals surface area contributed by atoms with Crippen molar-refractivity contribution in [2.75, 3.05) is 0 Å². The van der Waals surface area contributed by atoms with Crippen LogP contribution in [0.4, 0.5) is 8.78 Å². The lowest BCUT2D eigenvalue weighted by Gasteiger charge is -2.16. The quantitative estimate of drug-likeness (QED) is 0.688. The van der Waals surface area contributed by atoms with Crippen LogP contribution in [0.15, 0.2) is 46.6 Å². The van der Waals surface area contributed by atoms with Crippen molar-refractivity contribution in [1.29, 1.82) is 0 Å². The van der Waals surface area contributed by atoms with Crippen molar-refractivity contribution < 1.29 is 13.3 Å². The van der Waals surface area contributed by atoms with Gasteiger partial charge in [0.15, 0.2) is 0 Å². The predicted molar refractivity (Wildman–Crippen MR) is 89.6 cm³/mol. The van der Waals surface area contributed by atoms with Crippen LogP contribution in [0.5, 0.6) is 0 Å². The standard InChI is InChI=1S/C19H22F2N2O/c1-12(2)18-22-17(23-24-18)15-6-4-5-13(3)16(10-15)9-14-7-8-19(20,21)11-14/h4,6-7,10,12,16H,3,5,8-9,11H2,1-2H3. The third-order valence-electron chi connectivity index (χ3n) is 4.43. The van der Waals surface area contributed by atoms with Crippen LogP contribution in [0.3, 0.4) is 0 Å². The van der Waals surface area contributed by atoms with E-state index < -0.39 is 5.92 Å². The fourth-order valence-electron chi connectivity index (χ4n) is 3.03. The summed E-state index contributed by atoms with van der Waals surface area (Å²) in [5.41, 5.74) is 2.68. The first kappa shape index (κ1) is 16.8. The SMILES string of the molecule is C=C1CC=CC(c2noc(C(C)C)n2)=CC1CC1=CCC(F)(F)C1. The molecule has 0 radical (unpaired) electrons. The van der Waals surface area contributed by atoms with Crippen LogP contribution in [0.1, 0.15) is 57.2 Å². The van der Waals surface area contributed by atoms with Crippen molar-refractivity contribution in [2.45, 2.75) is 51.4 Å². The molecule has 3 nitrogen and oxygen atoms in total. The first-order valence-corrected chi connectivity index (χ1v) is 8.30. The van der Waals surface area contributed by atoms with Crippen molar-refractivity contribution in [2.24, 2.45) is 5.92 Å². The second-order valence-electron chi connectivity index (χ2n) is 6.91. The molecule has 0 saturated carbocycles. The molecule has 2 aliphatic rings. The molecule has 24 heavy (non-hydrogen) atoms. The Morgan fingerprint density at radius 2 is 2.21 bits per heavy atom. The number of nitrogens with zero attached hydrogens (tertiary/aromatic N) is 2. The average molecular weight is 332 g/mol. The Balaban J connectivity index is 1.81. The monoisotopic (exact) mass is 332 g/mol. The predicted octanol–water partition coefficient (Wildman–Crippen LogP) is 5.45. The molecule has 1 unspecified atom stereocenters. The van der Waals surface area contributed by atoms with Crippen molar-refractivity contribution in [3.05, 3.63) is 53.7 Å². The summed E-state index contributed by atoms with van der Waals surface area (Å²) in [6.45, 7) is 8.10. The van der Waals surface area contributed by atoms with E-state index in [1.807, 2.05) is 32.1 Å². The Morgan fingerprint density at radius 1 is 1.42 bits per heavy atom. The van der Waals surface area contributed by atoms with Gasteiger partial charge >= 0.3 is 0 Å². The summed E-state index contributed by atoms with van der Waals surface area (Å²) in [4.78, 5) is 4.43. The van der Waals surface area contributed by atoms with Crippen molar-refractivity contribution >= 4 is 5.57 Å². The largest absolute Gasteiger partial charge is 0.339 e. The van der Waals surface area contributed by atoms with Gasteiger partial charge in [-0.2, -0.15) is 4.98 Å². The van der Waals surface area contributed by atoms with Crippen LogP contribution < -0.4 is 0 Å². The highest BCUT2D eigenvalue weighted by molar-refractivity contribution is 5.70. The van der Waals surface area contributed by atoms with Gasteiger partial charge in [-0.1, -0.05) is 61.0 Å². The maximum Gasteiger partial charge on any atom is 0.255 e. The Bertz CT molecular complexity index is 725. The Kier molecular flexibility index (Phi) is 4.52. The zero-order chi connectivity index (χ0) is 17.3. The maximum atomic E-state index is 13.4. The van der Waals surface area contributed by atoms with E-state index >= 15 is 0 Å². The minimum absolute atomic E-state index is 0.0103. The highest BCUT2D eigenvalue weighted by atomic mass is 19.3. The number of halogens is 2. The number of hydrogen-bond donors (Lipinski definition) is 0. The number of alkyl halides is 2. The third kappa shape index (κ3) is 3.71. The summed E-state index contributed by atoms with van der Waals surface area (Å²) in [6, 6.07) is 0. The molecule has 0 saturated heterocycles. The van der Waals surface area contributed by atoms with Gasteiger partial charge in [0.25, 0.3) is 5.92 Å². The molecule has 5 heteroatoms. The minimum atomic E-state index is -2.59. The molecular weight excluding hydrogens is 310 g/mol. The molecule has 1 aromatic rings. The van der Waals surface area contributed by atoms with Gasteiger partial charge in [0.2, 0.25) is 11.7 Å². The van der Waals surface area contributed by atoms with Gasteiger partial charge in [-0.3, -0.25) is 0 Å². The van der Waals surface area contributed by atoms with Crippen molar-refractivity contribution in [3.8, 4) is 0 Å². The Labute approximate surface area is 140 Å². The Morgan fingerprint density at radius 3 is 2.83 bits per heavy atom. The van der Waals surface area contributed by atoms with Gasteiger partial charge in [0.05, 0.1) is 0 Å². The fraction of sp³-hybridized carbons (Fsp3) is 0.474. The van der Waals surface area contributed by atoms with E-state index in [9.17, 15) is 8.78 Å². The molecule has 0 aromatic carbocycles. The zero-order valence-electron chi connectivity index (χ0n) is 14.1. The molecule has 0 spiro atoms. The molecule has 128 valence electrons. The van der Waals surface area contributed by atoms with Gasteiger partial charge in [-0.25, -0.2) is 8.78 Å². The van der Waals surface area contributed by atoms with E-state index in [0.717, 1.165) is 23.1 Å². The minimum Gasteiger partial charge on any atom is -0.339 e. The normalized spacial score (nSPS) is 23.4. The van der Waals surface area contributed by atoms with Crippen LogP contribution in [-0.4, -0.2) is 16.1 Å². The first-order chi connectivity index (χ1) is 11.3. The molecule has 1 aromatic heterocycles. The first-order valence-electron chi connectivity index (χ1n) is 8.30. The maximum absolute atomic E-state index is 13.4. The molecule has 3 rings (SSSR count). The van der Waals surface area contributed by atoms with Gasteiger partial charge in [-0.15, -0.1) is 0 Å². The lowest BCUT2D eigenvalue weighted by atomic mass is 9.90. The lowest BCUT2D eigenvalue weighted by molar-refractivity contribution is 0.0135. The van der Waals surface area contributed by atoms with Gasteiger partial charge in [-0.05, 0) is 12.8 Å². The molecule has 0 amide bonds. The topological polar surface area (TPSA) is 38.9 Å². The molecule has 1 heterocycles. The van der Waals surface area contributed by atoms with E-state index in [1.54, 1.807) is 6.08 Å². The molecule has 2 aliphatic carbocycles. The summed E-state index contributed by atoms with van der Waals surface area (Å²) in [5.74, 6) is -1.28. The van der Waals surface area contributed by atoms with E-state index in [1.165, 1.54) is 0 Å². The fourth-order valence-corrected chi connectivity index (χ4v) is 3.03. The van der Waals surface area contributed by atoms with Crippen LogP contribution in [0.2, 0.25) is 0 Å². The highest BCUT2D eigenvalue weighted by Crippen LogP contribution is 2.39. The van der Waals surface area contributed by atoms with Gasteiger partial charge in [0, 0.05) is 30.3 Å². The van der Waals surface area contributed by atoms with Crippen LogP contribution in [0, 0.1) is 5.92 Å². The molecular formula is C19H22F2N2O. The molecule has 0 bridgehead atoms. The zero-order valence-corrected chi connectivity index (χ0v) is 14.1. The van der Waals surface area contributed by atoms with Crippen LogP contribution in [0.25, 0.3) is 5.57 Å². The number of aromatic nitrogens is 2. The van der Waals surface area contributed by atoms with Crippen LogP contribution in [-0.2, 0) is 0 Å². The van der Waals surface area contributed by atoms with Gasteiger partial charge in [0.1, 0.15) is 0 Å². The number of allylic oxidation sites excluding steroid dienone is 7. The van der Waals surface area contributed by atoms with E-state index in [4.69, 9.17) is 4.52 Å². The molecule has 1 atom stereocenters. The molecule has 0 aliphatic heterocycles. The third-order valence-corrected chi connectivity index (χ3v) is 4.43. The average Bonchev–Trinajstić information content (AvgIpc) is 3.07. The second-order valence-corrected chi connectivity index (χ2v) is 6.91. The highest BCUT2D eigenvalue weighted by Gasteiger charge is 2.34. The lowest BCUT2D eigenvalue weighted by Crippen LogP contribution is -2.10. The van der Waals surface area contributed by atoms with Crippen LogP contribution >= 0.6 is 0 Å². The summed E-state index contributed by atoms with van der Waals surface area (Å²) in [7, 11) is 0. The summed E-state index contributed by atoms with van der Waals surface area (Å²) in [6.07, 6.45) is 8.67. The van der Waals surface area contributed by atoms with E-state index in [-0.39, 0.29) is 24.7 Å². The summed E-state index contributed by atoms with van der Waals surface area (Å²) < 4.78 is 32.1. The number of hydrogen-bond acceptors (Lipinski definition) is 3. The van der Waals surface area contributed by atoms with Crippen molar-refractivity contribution in [3.63, 3.8) is 0 Å². The smallest absolute Gasteiger partial charge is 0.255 e. The second kappa shape index (κ2) is 6.46. The van der Waals surface area contributed by atoms with E-state index in [2.05, 4.69) is 16.7 Å². The number of rotatable bonds is 4. The summed E-state index contributed by atoms with van der Waals surface area (Å²) >= 11 is 0. The van der Waals surface area contributed by atoms with Crippen molar-refractivity contribution in [1.82, 2.24) is 10.1 Å². The molecule has 0 N–H and O–H groups in total. The summed E-state index contributed by atoms with van der Waals surface area (Å²) in [5, 5.41) is 4.05. The van der Waals surface area contributed by atoms with Gasteiger partial charge < -0.3 is 4.52 Å².